The van der Waals surface area contributed by atoms with E-state index in [9.17, 15) is 4.79 Å². The molecule has 1 aliphatic heterocycles. The molecule has 8 nitrogen and oxygen atoms in total. The number of aromatic nitrogens is 2. The van der Waals surface area contributed by atoms with Crippen LogP contribution in [-0.4, -0.2) is 56.4 Å². The van der Waals surface area contributed by atoms with E-state index in [-0.39, 0.29) is 5.91 Å². The zero-order valence-corrected chi connectivity index (χ0v) is 17.3. The van der Waals surface area contributed by atoms with E-state index in [1.807, 2.05) is 6.92 Å². The molecule has 29 heavy (non-hydrogen) atoms. The summed E-state index contributed by atoms with van der Waals surface area (Å²) >= 11 is 1.37. The molecule has 0 spiro atoms. The molecule has 0 aliphatic carbocycles. The Balaban J connectivity index is 1.65. The number of carbonyl (C=O) groups excluding carboxylic acids is 1. The van der Waals surface area contributed by atoms with Gasteiger partial charge in [0, 0.05) is 24.8 Å². The molecule has 0 unspecified atom stereocenters. The zero-order chi connectivity index (χ0) is 20.4. The lowest BCUT2D eigenvalue weighted by Gasteiger charge is -2.28. The summed E-state index contributed by atoms with van der Waals surface area (Å²) < 4.78 is 16.0. The molecule has 0 radical (unpaired) electrons. The SMILES string of the molecule is COc1ccc(NC(=O)c2sc3ncnc(N4CCOCC4)c3c2C)cc1OC. The van der Waals surface area contributed by atoms with E-state index in [4.69, 9.17) is 14.2 Å². The predicted molar refractivity (Wildman–Crippen MR) is 113 cm³/mol. The van der Waals surface area contributed by atoms with Gasteiger partial charge in [-0.05, 0) is 24.6 Å². The highest BCUT2D eigenvalue weighted by Crippen LogP contribution is 2.36. The number of rotatable bonds is 5. The van der Waals surface area contributed by atoms with Gasteiger partial charge >= 0.3 is 0 Å². The second-order valence-corrected chi connectivity index (χ2v) is 7.56. The van der Waals surface area contributed by atoms with Gasteiger partial charge in [0.1, 0.15) is 17.0 Å². The van der Waals surface area contributed by atoms with E-state index in [1.165, 1.54) is 11.3 Å². The molecule has 9 heteroatoms. The Bertz CT molecular complexity index is 1050. The van der Waals surface area contributed by atoms with Crippen LogP contribution in [0.3, 0.4) is 0 Å². The number of anilines is 2. The smallest absolute Gasteiger partial charge is 0.266 e. The Morgan fingerprint density at radius 2 is 1.93 bits per heavy atom. The molecular weight excluding hydrogens is 392 g/mol. The molecule has 1 N–H and O–H groups in total. The number of morpholine rings is 1. The van der Waals surface area contributed by atoms with Crippen molar-refractivity contribution in [2.45, 2.75) is 6.92 Å². The fourth-order valence-corrected chi connectivity index (χ4v) is 4.42. The lowest BCUT2D eigenvalue weighted by molar-refractivity contribution is 0.103. The van der Waals surface area contributed by atoms with Crippen LogP contribution in [0, 0.1) is 6.92 Å². The molecule has 2 aromatic heterocycles. The maximum absolute atomic E-state index is 13.0. The highest BCUT2D eigenvalue weighted by Gasteiger charge is 2.23. The largest absolute Gasteiger partial charge is 0.493 e. The van der Waals surface area contributed by atoms with Crippen molar-refractivity contribution in [2.24, 2.45) is 0 Å². The summed E-state index contributed by atoms with van der Waals surface area (Å²) in [4.78, 5) is 25.5. The predicted octanol–water partition coefficient (Wildman–Crippen LogP) is 3.11. The fraction of sp³-hybridized carbons (Fsp3) is 0.350. The summed E-state index contributed by atoms with van der Waals surface area (Å²) in [6, 6.07) is 5.27. The van der Waals surface area contributed by atoms with Gasteiger partial charge < -0.3 is 24.4 Å². The van der Waals surface area contributed by atoms with Gasteiger partial charge in [0.2, 0.25) is 0 Å². The number of amides is 1. The van der Waals surface area contributed by atoms with Crippen molar-refractivity contribution >= 4 is 39.0 Å². The van der Waals surface area contributed by atoms with E-state index in [1.54, 1.807) is 38.7 Å². The molecule has 4 rings (SSSR count). The third-order valence-corrected chi connectivity index (χ3v) is 6.06. The molecule has 3 heterocycles. The van der Waals surface area contributed by atoms with Crippen LogP contribution in [0.5, 0.6) is 11.5 Å². The molecule has 1 aliphatic rings. The van der Waals surface area contributed by atoms with Crippen LogP contribution in [0.25, 0.3) is 10.2 Å². The van der Waals surface area contributed by atoms with E-state index in [0.29, 0.717) is 35.3 Å². The third-order valence-electron chi connectivity index (χ3n) is 4.87. The number of hydrogen-bond acceptors (Lipinski definition) is 8. The Labute approximate surface area is 172 Å². The minimum atomic E-state index is -0.189. The first kappa shape index (κ1) is 19.4. The first-order valence-electron chi connectivity index (χ1n) is 9.22. The van der Waals surface area contributed by atoms with Gasteiger partial charge in [0.15, 0.2) is 11.5 Å². The monoisotopic (exact) mass is 414 g/mol. The summed E-state index contributed by atoms with van der Waals surface area (Å²) in [5.74, 6) is 1.83. The molecule has 0 atom stereocenters. The van der Waals surface area contributed by atoms with Crippen LogP contribution in [0.4, 0.5) is 11.5 Å². The van der Waals surface area contributed by atoms with Crippen molar-refractivity contribution in [1.82, 2.24) is 9.97 Å². The van der Waals surface area contributed by atoms with Crippen molar-refractivity contribution in [3.05, 3.63) is 35.0 Å². The lowest BCUT2D eigenvalue weighted by Crippen LogP contribution is -2.36. The van der Waals surface area contributed by atoms with Gasteiger partial charge in [0.05, 0.1) is 37.7 Å². The number of benzene rings is 1. The second-order valence-electron chi connectivity index (χ2n) is 6.56. The fourth-order valence-electron chi connectivity index (χ4n) is 3.39. The van der Waals surface area contributed by atoms with Gasteiger partial charge in [-0.3, -0.25) is 4.79 Å². The Morgan fingerprint density at radius 3 is 2.66 bits per heavy atom. The molecular formula is C20H22N4O4S. The Kier molecular flexibility index (Phi) is 5.50. The average Bonchev–Trinajstić information content (AvgIpc) is 3.11. The maximum Gasteiger partial charge on any atom is 0.266 e. The Hall–Kier alpha value is -2.91. The van der Waals surface area contributed by atoms with Gasteiger partial charge in [-0.25, -0.2) is 9.97 Å². The highest BCUT2D eigenvalue weighted by molar-refractivity contribution is 7.20. The molecule has 1 fully saturated rings. The quantitative estimate of drug-likeness (QED) is 0.686. The van der Waals surface area contributed by atoms with E-state index in [2.05, 4.69) is 20.2 Å². The number of carbonyl (C=O) groups is 1. The Morgan fingerprint density at radius 1 is 1.17 bits per heavy atom. The normalized spacial score (nSPS) is 14.1. The molecule has 1 amide bonds. The first-order chi connectivity index (χ1) is 14.1. The molecule has 1 saturated heterocycles. The number of hydrogen-bond donors (Lipinski definition) is 1. The van der Waals surface area contributed by atoms with Gasteiger partial charge in [-0.15, -0.1) is 11.3 Å². The van der Waals surface area contributed by atoms with Crippen molar-refractivity contribution in [2.75, 3.05) is 50.7 Å². The zero-order valence-electron chi connectivity index (χ0n) is 16.5. The van der Waals surface area contributed by atoms with E-state index >= 15 is 0 Å². The number of thiophene rings is 1. The number of fused-ring (bicyclic) bond motifs is 1. The van der Waals surface area contributed by atoms with Crippen molar-refractivity contribution in [3.8, 4) is 11.5 Å². The van der Waals surface area contributed by atoms with Crippen molar-refractivity contribution in [3.63, 3.8) is 0 Å². The summed E-state index contributed by atoms with van der Waals surface area (Å²) in [6.45, 7) is 4.82. The maximum atomic E-state index is 13.0. The number of ether oxygens (including phenoxy) is 3. The van der Waals surface area contributed by atoms with Gasteiger partial charge in [0.25, 0.3) is 5.91 Å². The van der Waals surface area contributed by atoms with Crippen LogP contribution >= 0.6 is 11.3 Å². The molecule has 0 saturated carbocycles. The van der Waals surface area contributed by atoms with E-state index < -0.39 is 0 Å². The first-order valence-corrected chi connectivity index (χ1v) is 10.0. The number of methoxy groups -OCH3 is 2. The third kappa shape index (κ3) is 3.70. The van der Waals surface area contributed by atoms with Crippen LogP contribution < -0.4 is 19.7 Å². The van der Waals surface area contributed by atoms with Crippen LogP contribution in [0.15, 0.2) is 24.5 Å². The molecule has 0 bridgehead atoms. The number of nitrogens with one attached hydrogen (secondary N) is 1. The standard InChI is InChI=1S/C20H22N4O4S/c1-12-16-18(24-6-8-28-9-7-24)21-11-22-20(16)29-17(12)19(25)23-13-4-5-14(26-2)15(10-13)27-3/h4-5,10-11H,6-9H2,1-3H3,(H,23,25). The molecule has 3 aromatic rings. The second kappa shape index (κ2) is 8.22. The topological polar surface area (TPSA) is 85.8 Å². The summed E-state index contributed by atoms with van der Waals surface area (Å²) in [7, 11) is 3.13. The minimum absolute atomic E-state index is 0.189. The van der Waals surface area contributed by atoms with Crippen LogP contribution in [0.2, 0.25) is 0 Å². The highest BCUT2D eigenvalue weighted by atomic mass is 32.1. The summed E-state index contributed by atoms with van der Waals surface area (Å²) in [5, 5.41) is 3.87. The average molecular weight is 414 g/mol. The van der Waals surface area contributed by atoms with Crippen molar-refractivity contribution < 1.29 is 19.0 Å². The van der Waals surface area contributed by atoms with Crippen LogP contribution in [-0.2, 0) is 4.74 Å². The molecule has 1 aromatic carbocycles. The number of nitrogens with zero attached hydrogens (tertiary/aromatic N) is 3. The number of aryl methyl sites for hydroxylation is 1. The van der Waals surface area contributed by atoms with Crippen LogP contribution in [0.1, 0.15) is 15.2 Å². The van der Waals surface area contributed by atoms with E-state index in [0.717, 1.165) is 34.7 Å². The molecule has 152 valence electrons. The van der Waals surface area contributed by atoms with Crippen molar-refractivity contribution in [1.29, 1.82) is 0 Å². The van der Waals surface area contributed by atoms with Gasteiger partial charge in [-0.2, -0.15) is 0 Å². The lowest BCUT2D eigenvalue weighted by atomic mass is 10.1. The summed E-state index contributed by atoms with van der Waals surface area (Å²) in [6.07, 6.45) is 1.55. The van der Waals surface area contributed by atoms with Gasteiger partial charge in [-0.1, -0.05) is 0 Å². The minimum Gasteiger partial charge on any atom is -0.493 e. The summed E-state index contributed by atoms with van der Waals surface area (Å²) in [5.41, 5.74) is 1.51.